The van der Waals surface area contributed by atoms with Gasteiger partial charge in [0, 0.05) is 37.2 Å². The van der Waals surface area contributed by atoms with E-state index in [0.717, 1.165) is 10.9 Å². The summed E-state index contributed by atoms with van der Waals surface area (Å²) in [5, 5.41) is 9.92. The molecule has 146 valence electrons. The maximum atomic E-state index is 13.5. The van der Waals surface area contributed by atoms with Gasteiger partial charge < -0.3 is 14.0 Å². The van der Waals surface area contributed by atoms with Gasteiger partial charge in [-0.3, -0.25) is 14.8 Å². The van der Waals surface area contributed by atoms with Crippen LogP contribution in [0.2, 0.25) is 0 Å². The van der Waals surface area contributed by atoms with Crippen LogP contribution < -0.4 is 5.48 Å². The molecule has 0 radical (unpaired) electrons. The van der Waals surface area contributed by atoms with E-state index in [0.29, 0.717) is 24.6 Å². The Hall–Kier alpha value is -3.13. The minimum atomic E-state index is -0.657. The summed E-state index contributed by atoms with van der Waals surface area (Å²) in [5.41, 5.74) is 3.39. The van der Waals surface area contributed by atoms with Crippen molar-refractivity contribution in [3.8, 4) is 0 Å². The molecule has 3 heterocycles. The molecule has 0 bridgehead atoms. The first-order valence-electron chi connectivity index (χ1n) is 9.29. The minimum absolute atomic E-state index is 0.0557. The van der Waals surface area contributed by atoms with Crippen LogP contribution in [0.15, 0.2) is 36.5 Å². The fourth-order valence-electron chi connectivity index (χ4n) is 4.03. The molecule has 2 N–H and O–H groups in total. The molecule has 0 fully saturated rings. The third-order valence-corrected chi connectivity index (χ3v) is 5.39. The van der Waals surface area contributed by atoms with E-state index in [1.165, 1.54) is 0 Å². The van der Waals surface area contributed by atoms with Crippen LogP contribution in [0.3, 0.4) is 0 Å². The molecule has 0 aliphatic carbocycles. The Balaban J connectivity index is 1.74. The number of hydrogen-bond donors (Lipinski definition) is 2. The highest BCUT2D eigenvalue weighted by Crippen LogP contribution is 2.33. The van der Waals surface area contributed by atoms with Gasteiger partial charge in [-0.25, -0.2) is 10.5 Å². The summed E-state index contributed by atoms with van der Waals surface area (Å²) in [5.74, 6) is 0.0489. The first-order valence-corrected chi connectivity index (χ1v) is 9.29. The van der Waals surface area contributed by atoms with Crippen molar-refractivity contribution >= 4 is 22.7 Å². The number of para-hydroxylation sites is 1. The SMILES string of the molecule is CC(C)C1c2nc(C(=O)NO)cn2CCN1C(=O)c1cc2ccccc2n1C. The van der Waals surface area contributed by atoms with Crippen molar-refractivity contribution in [1.29, 1.82) is 0 Å². The molecule has 0 spiro atoms. The van der Waals surface area contributed by atoms with Crippen molar-refractivity contribution in [3.63, 3.8) is 0 Å². The number of fused-ring (bicyclic) bond motifs is 2. The monoisotopic (exact) mass is 381 g/mol. The van der Waals surface area contributed by atoms with Crippen LogP contribution >= 0.6 is 0 Å². The highest BCUT2D eigenvalue weighted by atomic mass is 16.5. The number of hydrogen-bond acceptors (Lipinski definition) is 4. The standard InChI is InChI=1S/C20H23N5O3/c1-12(2)17-18-21-14(19(26)22-28)11-24(18)8-9-25(17)20(27)16-10-13-6-4-5-7-15(13)23(16)3/h4-7,10-12,17,28H,8-9H2,1-3H3,(H,22,26). The van der Waals surface area contributed by atoms with Gasteiger partial charge in [0.05, 0.1) is 6.04 Å². The van der Waals surface area contributed by atoms with E-state index in [2.05, 4.69) is 4.98 Å². The minimum Gasteiger partial charge on any atom is -0.340 e. The van der Waals surface area contributed by atoms with Crippen molar-refractivity contribution in [2.75, 3.05) is 6.54 Å². The lowest BCUT2D eigenvalue weighted by atomic mass is 9.99. The summed E-state index contributed by atoms with van der Waals surface area (Å²) < 4.78 is 3.81. The van der Waals surface area contributed by atoms with Gasteiger partial charge >= 0.3 is 0 Å². The molecule has 1 atom stereocenters. The first kappa shape index (κ1) is 18.2. The lowest BCUT2D eigenvalue weighted by Gasteiger charge is -2.38. The number of aromatic nitrogens is 3. The summed E-state index contributed by atoms with van der Waals surface area (Å²) in [7, 11) is 1.90. The molecule has 0 saturated heterocycles. The number of aryl methyl sites for hydroxylation is 1. The Morgan fingerprint density at radius 1 is 1.25 bits per heavy atom. The van der Waals surface area contributed by atoms with Gasteiger partial charge in [0.1, 0.15) is 17.2 Å². The molecule has 2 aromatic heterocycles. The van der Waals surface area contributed by atoms with Crippen LogP contribution in [0.25, 0.3) is 10.9 Å². The Morgan fingerprint density at radius 2 is 2.00 bits per heavy atom. The van der Waals surface area contributed by atoms with Gasteiger partial charge in [0.2, 0.25) is 0 Å². The first-order chi connectivity index (χ1) is 13.4. The molecule has 28 heavy (non-hydrogen) atoms. The summed E-state index contributed by atoms with van der Waals surface area (Å²) in [6, 6.07) is 9.56. The number of nitrogens with one attached hydrogen (secondary N) is 1. The average Bonchev–Trinajstić information content (AvgIpc) is 3.27. The number of nitrogens with zero attached hydrogens (tertiary/aromatic N) is 4. The topological polar surface area (TPSA) is 92.4 Å². The fourth-order valence-corrected chi connectivity index (χ4v) is 4.03. The molecule has 1 unspecified atom stereocenters. The molecule has 8 heteroatoms. The van der Waals surface area contributed by atoms with E-state index in [4.69, 9.17) is 5.21 Å². The van der Waals surface area contributed by atoms with Crippen LogP contribution in [0.5, 0.6) is 0 Å². The van der Waals surface area contributed by atoms with Crippen LogP contribution in [0, 0.1) is 5.92 Å². The second-order valence-electron chi connectivity index (χ2n) is 7.45. The fraction of sp³-hybridized carbons (Fsp3) is 0.350. The average molecular weight is 381 g/mol. The van der Waals surface area contributed by atoms with Crippen molar-refractivity contribution in [1.82, 2.24) is 24.5 Å². The van der Waals surface area contributed by atoms with Gasteiger partial charge in [-0.05, 0) is 18.1 Å². The highest BCUT2D eigenvalue weighted by molar-refractivity contribution is 5.99. The summed E-state index contributed by atoms with van der Waals surface area (Å²) in [6.07, 6.45) is 1.62. The van der Waals surface area contributed by atoms with Gasteiger partial charge in [-0.1, -0.05) is 32.0 Å². The second kappa shape index (κ2) is 6.79. The number of rotatable bonds is 3. The van der Waals surface area contributed by atoms with Gasteiger partial charge in [-0.2, -0.15) is 0 Å². The van der Waals surface area contributed by atoms with E-state index in [1.54, 1.807) is 11.7 Å². The van der Waals surface area contributed by atoms with Gasteiger partial charge in [0.15, 0.2) is 0 Å². The number of carbonyl (C=O) groups excluding carboxylic acids is 2. The van der Waals surface area contributed by atoms with Crippen LogP contribution in [-0.4, -0.2) is 42.6 Å². The molecule has 8 nitrogen and oxygen atoms in total. The Morgan fingerprint density at radius 3 is 2.68 bits per heavy atom. The van der Waals surface area contributed by atoms with E-state index in [9.17, 15) is 9.59 Å². The maximum Gasteiger partial charge on any atom is 0.294 e. The number of carbonyl (C=O) groups is 2. The third-order valence-electron chi connectivity index (χ3n) is 5.39. The maximum absolute atomic E-state index is 13.5. The van der Waals surface area contributed by atoms with E-state index >= 15 is 0 Å². The quantitative estimate of drug-likeness (QED) is 0.538. The number of hydroxylamine groups is 1. The van der Waals surface area contributed by atoms with Crippen molar-refractivity contribution < 1.29 is 14.8 Å². The lowest BCUT2D eigenvalue weighted by Crippen LogP contribution is -2.44. The Kier molecular flexibility index (Phi) is 4.43. The summed E-state index contributed by atoms with van der Waals surface area (Å²) in [6.45, 7) is 5.12. The molecule has 0 saturated carbocycles. The third kappa shape index (κ3) is 2.77. The zero-order chi connectivity index (χ0) is 20.0. The largest absolute Gasteiger partial charge is 0.340 e. The second-order valence-corrected chi connectivity index (χ2v) is 7.45. The smallest absolute Gasteiger partial charge is 0.294 e. The Bertz CT molecular complexity index is 1070. The number of benzene rings is 1. The predicted molar refractivity (Wildman–Crippen MR) is 103 cm³/mol. The molecule has 1 aliphatic rings. The zero-order valence-electron chi connectivity index (χ0n) is 16.1. The lowest BCUT2D eigenvalue weighted by molar-refractivity contribution is 0.0537. The molecule has 2 amide bonds. The zero-order valence-corrected chi connectivity index (χ0v) is 16.1. The normalized spacial score (nSPS) is 16.5. The summed E-state index contributed by atoms with van der Waals surface area (Å²) in [4.78, 5) is 31.5. The molecular formula is C20H23N5O3. The van der Waals surface area contributed by atoms with Crippen molar-refractivity contribution in [3.05, 3.63) is 53.7 Å². The molecule has 3 aromatic rings. The van der Waals surface area contributed by atoms with Gasteiger partial charge in [0.25, 0.3) is 11.8 Å². The predicted octanol–water partition coefficient (Wildman–Crippen LogP) is 2.35. The Labute approximate surface area is 162 Å². The van der Waals surface area contributed by atoms with Crippen LogP contribution in [0.1, 0.15) is 46.7 Å². The van der Waals surface area contributed by atoms with Crippen LogP contribution in [0.4, 0.5) is 0 Å². The molecular weight excluding hydrogens is 358 g/mol. The van der Waals surface area contributed by atoms with E-state index in [-0.39, 0.29) is 23.6 Å². The van der Waals surface area contributed by atoms with Crippen molar-refractivity contribution in [2.45, 2.75) is 26.4 Å². The molecule has 4 rings (SSSR count). The van der Waals surface area contributed by atoms with Crippen LogP contribution in [-0.2, 0) is 13.6 Å². The summed E-state index contributed by atoms with van der Waals surface area (Å²) >= 11 is 0. The molecule has 1 aromatic carbocycles. The number of imidazole rings is 1. The number of amides is 2. The highest BCUT2D eigenvalue weighted by Gasteiger charge is 2.36. The van der Waals surface area contributed by atoms with E-state index in [1.807, 2.05) is 65.3 Å². The van der Waals surface area contributed by atoms with Crippen molar-refractivity contribution in [2.24, 2.45) is 13.0 Å². The van der Waals surface area contributed by atoms with E-state index < -0.39 is 5.91 Å². The van der Waals surface area contributed by atoms with Gasteiger partial charge in [-0.15, -0.1) is 0 Å². The molecule has 1 aliphatic heterocycles.